The Balaban J connectivity index is 2.03. The summed E-state index contributed by atoms with van der Waals surface area (Å²) in [6.07, 6.45) is 5.96. The van der Waals surface area contributed by atoms with E-state index in [1.807, 2.05) is 13.8 Å². The first kappa shape index (κ1) is 17.7. The minimum absolute atomic E-state index is 0.109. The Morgan fingerprint density at radius 2 is 1.91 bits per heavy atom. The van der Waals surface area contributed by atoms with Crippen LogP contribution in [-0.2, 0) is 24.2 Å². The van der Waals surface area contributed by atoms with Crippen LogP contribution in [0.1, 0.15) is 69.2 Å². The first-order valence-electron chi connectivity index (χ1n) is 8.57. The SMILES string of the molecule is CCc1n[nH]c(=O)c(CNC(=O)CC2(O)CCCCC2)c1CC. The fraction of sp³-hybridized carbons (Fsp3) is 0.706. The summed E-state index contributed by atoms with van der Waals surface area (Å²) in [5.74, 6) is -0.203. The van der Waals surface area contributed by atoms with E-state index in [1.54, 1.807) is 0 Å². The van der Waals surface area contributed by atoms with E-state index in [0.29, 0.717) is 24.8 Å². The van der Waals surface area contributed by atoms with Crippen molar-refractivity contribution >= 4 is 5.91 Å². The molecule has 2 rings (SSSR count). The number of aryl methyl sites for hydroxylation is 1. The highest BCUT2D eigenvalue weighted by Crippen LogP contribution is 2.30. The Bertz CT molecular complexity index is 604. The van der Waals surface area contributed by atoms with Crippen LogP contribution in [0.2, 0.25) is 0 Å². The summed E-state index contributed by atoms with van der Waals surface area (Å²) >= 11 is 0. The molecule has 0 bridgehead atoms. The van der Waals surface area contributed by atoms with E-state index < -0.39 is 5.60 Å². The zero-order valence-corrected chi connectivity index (χ0v) is 14.1. The van der Waals surface area contributed by atoms with Crippen LogP contribution in [0.25, 0.3) is 0 Å². The van der Waals surface area contributed by atoms with E-state index in [9.17, 15) is 14.7 Å². The number of aromatic nitrogens is 2. The van der Waals surface area contributed by atoms with E-state index in [4.69, 9.17) is 0 Å². The molecular weight excluding hydrogens is 294 g/mol. The van der Waals surface area contributed by atoms with Crippen LogP contribution >= 0.6 is 0 Å². The van der Waals surface area contributed by atoms with Gasteiger partial charge in [0, 0.05) is 12.1 Å². The molecule has 0 saturated heterocycles. The summed E-state index contributed by atoms with van der Waals surface area (Å²) in [5, 5.41) is 19.8. The van der Waals surface area contributed by atoms with Crippen molar-refractivity contribution in [2.45, 2.75) is 77.4 Å². The number of hydrogen-bond acceptors (Lipinski definition) is 4. The zero-order chi connectivity index (χ0) is 16.9. The standard InChI is InChI=1S/C17H27N3O3/c1-3-12-13(16(22)20-19-14(12)4-2)11-18-15(21)10-17(23)8-6-5-7-9-17/h23H,3-11H2,1-2H3,(H,18,21)(H,20,22). The van der Waals surface area contributed by atoms with Crippen molar-refractivity contribution in [2.24, 2.45) is 0 Å². The second-order valence-electron chi connectivity index (χ2n) is 6.40. The number of hydrogen-bond donors (Lipinski definition) is 3. The first-order chi connectivity index (χ1) is 11.0. The van der Waals surface area contributed by atoms with Crippen LogP contribution in [0.5, 0.6) is 0 Å². The van der Waals surface area contributed by atoms with Crippen molar-refractivity contribution in [3.8, 4) is 0 Å². The molecule has 0 aliphatic heterocycles. The van der Waals surface area contributed by atoms with Gasteiger partial charge >= 0.3 is 0 Å². The topological polar surface area (TPSA) is 95.1 Å². The number of aromatic amines is 1. The molecule has 1 aliphatic carbocycles. The fourth-order valence-electron chi connectivity index (χ4n) is 3.40. The Morgan fingerprint density at radius 3 is 2.52 bits per heavy atom. The maximum Gasteiger partial charge on any atom is 0.269 e. The van der Waals surface area contributed by atoms with Gasteiger partial charge in [0.25, 0.3) is 5.56 Å². The minimum atomic E-state index is -0.880. The van der Waals surface area contributed by atoms with E-state index in [-0.39, 0.29) is 24.4 Å². The quantitative estimate of drug-likeness (QED) is 0.741. The molecule has 6 nitrogen and oxygen atoms in total. The molecule has 1 fully saturated rings. The highest BCUT2D eigenvalue weighted by Gasteiger charge is 2.31. The van der Waals surface area contributed by atoms with Crippen LogP contribution in [0.15, 0.2) is 4.79 Å². The van der Waals surface area contributed by atoms with E-state index in [2.05, 4.69) is 15.5 Å². The summed E-state index contributed by atoms with van der Waals surface area (Å²) in [6, 6.07) is 0. The molecule has 6 heteroatoms. The molecule has 0 aromatic carbocycles. The number of rotatable bonds is 6. The van der Waals surface area contributed by atoms with Gasteiger partial charge in [-0.05, 0) is 31.2 Å². The van der Waals surface area contributed by atoms with Crippen molar-refractivity contribution in [1.82, 2.24) is 15.5 Å². The van der Waals surface area contributed by atoms with E-state index in [1.165, 1.54) is 0 Å². The number of nitrogens with zero attached hydrogens (tertiary/aromatic N) is 1. The third-order valence-electron chi connectivity index (χ3n) is 4.70. The minimum Gasteiger partial charge on any atom is -0.389 e. The second kappa shape index (κ2) is 7.73. The maximum atomic E-state index is 12.2. The van der Waals surface area contributed by atoms with Crippen molar-refractivity contribution in [1.29, 1.82) is 0 Å². The third kappa shape index (κ3) is 4.41. The molecule has 0 radical (unpaired) electrons. The molecule has 1 amide bonds. The lowest BCUT2D eigenvalue weighted by molar-refractivity contribution is -0.127. The third-order valence-corrected chi connectivity index (χ3v) is 4.70. The molecule has 23 heavy (non-hydrogen) atoms. The molecule has 1 saturated carbocycles. The molecule has 1 aromatic rings. The monoisotopic (exact) mass is 321 g/mol. The first-order valence-corrected chi connectivity index (χ1v) is 8.57. The van der Waals surface area contributed by atoms with E-state index in [0.717, 1.165) is 36.9 Å². The molecular formula is C17H27N3O3. The molecule has 0 spiro atoms. The van der Waals surface area contributed by atoms with Crippen LogP contribution in [0.4, 0.5) is 0 Å². The van der Waals surface area contributed by atoms with Gasteiger partial charge in [0.1, 0.15) is 0 Å². The fourth-order valence-corrected chi connectivity index (χ4v) is 3.40. The zero-order valence-electron chi connectivity index (χ0n) is 14.1. The Kier molecular flexibility index (Phi) is 5.93. The number of aliphatic hydroxyl groups is 1. The Morgan fingerprint density at radius 1 is 1.22 bits per heavy atom. The summed E-state index contributed by atoms with van der Waals surface area (Å²) in [5.41, 5.74) is 1.21. The van der Waals surface area contributed by atoms with Crippen molar-refractivity contribution < 1.29 is 9.90 Å². The highest BCUT2D eigenvalue weighted by atomic mass is 16.3. The number of amides is 1. The largest absolute Gasteiger partial charge is 0.389 e. The van der Waals surface area contributed by atoms with Gasteiger partial charge in [-0.1, -0.05) is 33.1 Å². The highest BCUT2D eigenvalue weighted by molar-refractivity contribution is 5.77. The van der Waals surface area contributed by atoms with Crippen molar-refractivity contribution in [3.05, 3.63) is 27.2 Å². The van der Waals surface area contributed by atoms with E-state index >= 15 is 0 Å². The average Bonchev–Trinajstić information content (AvgIpc) is 2.53. The van der Waals surface area contributed by atoms with Crippen molar-refractivity contribution in [3.63, 3.8) is 0 Å². The van der Waals surface area contributed by atoms with Gasteiger partial charge in [0.05, 0.1) is 17.7 Å². The van der Waals surface area contributed by atoms with Gasteiger partial charge in [-0.25, -0.2) is 5.10 Å². The van der Waals surface area contributed by atoms with Crippen LogP contribution in [-0.4, -0.2) is 26.8 Å². The van der Waals surface area contributed by atoms with Crippen LogP contribution in [0, 0.1) is 0 Å². The lowest BCUT2D eigenvalue weighted by atomic mass is 9.82. The summed E-state index contributed by atoms with van der Waals surface area (Å²) in [4.78, 5) is 24.2. The number of carbonyl (C=O) groups excluding carboxylic acids is 1. The van der Waals surface area contributed by atoms with Gasteiger partial charge in [0.15, 0.2) is 0 Å². The summed E-state index contributed by atoms with van der Waals surface area (Å²) < 4.78 is 0. The predicted octanol–water partition coefficient (Wildman–Crippen LogP) is 1.60. The Labute approximate surface area is 136 Å². The van der Waals surface area contributed by atoms with Gasteiger partial charge in [-0.3, -0.25) is 9.59 Å². The summed E-state index contributed by atoms with van der Waals surface area (Å²) in [6.45, 7) is 4.15. The molecule has 0 atom stereocenters. The maximum absolute atomic E-state index is 12.2. The van der Waals surface area contributed by atoms with Gasteiger partial charge in [-0.2, -0.15) is 5.10 Å². The summed E-state index contributed by atoms with van der Waals surface area (Å²) in [7, 11) is 0. The number of carbonyl (C=O) groups is 1. The normalized spacial score (nSPS) is 17.0. The lowest BCUT2D eigenvalue weighted by Crippen LogP contribution is -2.39. The van der Waals surface area contributed by atoms with Gasteiger partial charge in [0.2, 0.25) is 5.91 Å². The number of nitrogens with one attached hydrogen (secondary N) is 2. The van der Waals surface area contributed by atoms with Gasteiger partial charge < -0.3 is 10.4 Å². The smallest absolute Gasteiger partial charge is 0.269 e. The van der Waals surface area contributed by atoms with Crippen LogP contribution < -0.4 is 10.9 Å². The number of H-pyrrole nitrogens is 1. The lowest BCUT2D eigenvalue weighted by Gasteiger charge is -2.31. The predicted molar refractivity (Wildman–Crippen MR) is 88.1 cm³/mol. The van der Waals surface area contributed by atoms with Crippen LogP contribution in [0.3, 0.4) is 0 Å². The molecule has 1 aromatic heterocycles. The second-order valence-corrected chi connectivity index (χ2v) is 6.40. The average molecular weight is 321 g/mol. The van der Waals surface area contributed by atoms with Gasteiger partial charge in [-0.15, -0.1) is 0 Å². The van der Waals surface area contributed by atoms with Crippen molar-refractivity contribution in [2.75, 3.05) is 0 Å². The molecule has 1 aliphatic rings. The molecule has 3 N–H and O–H groups in total. The molecule has 128 valence electrons. The molecule has 1 heterocycles. The molecule has 0 unspecified atom stereocenters. The Hall–Kier alpha value is -1.69.